The summed E-state index contributed by atoms with van der Waals surface area (Å²) < 4.78 is 15.3. The molecule has 5 heteroatoms. The third-order valence-electron chi connectivity index (χ3n) is 3.64. The molecule has 0 saturated heterocycles. The van der Waals surface area contributed by atoms with Crippen molar-refractivity contribution in [3.05, 3.63) is 36.4 Å². The molecule has 0 aliphatic heterocycles. The molecule has 1 unspecified atom stereocenters. The van der Waals surface area contributed by atoms with Crippen LogP contribution in [0.1, 0.15) is 39.5 Å². The molecular weight excluding hydrogens is 308 g/mol. The highest BCUT2D eigenvalue weighted by Gasteiger charge is 2.09. The molecule has 1 aromatic rings. The number of carbonyl (C=O) groups excluding carboxylic acids is 2. The molecule has 132 valence electrons. The predicted octanol–water partition coefficient (Wildman–Crippen LogP) is 3.92. The molecule has 0 spiro atoms. The maximum Gasteiger partial charge on any atom is 0.336 e. The first-order chi connectivity index (χ1) is 11.6. The van der Waals surface area contributed by atoms with E-state index in [-0.39, 0.29) is 0 Å². The van der Waals surface area contributed by atoms with Crippen molar-refractivity contribution in [1.29, 1.82) is 0 Å². The average molecular weight is 334 g/mol. The van der Waals surface area contributed by atoms with Crippen molar-refractivity contribution >= 4 is 11.9 Å². The predicted molar refractivity (Wildman–Crippen MR) is 92.0 cm³/mol. The lowest BCUT2D eigenvalue weighted by Gasteiger charge is -2.13. The topological polar surface area (TPSA) is 61.8 Å². The van der Waals surface area contributed by atoms with Crippen LogP contribution < -0.4 is 9.47 Å². The monoisotopic (exact) mass is 334 g/mol. The Morgan fingerprint density at radius 2 is 1.67 bits per heavy atom. The molecule has 0 N–H and O–H groups in total. The van der Waals surface area contributed by atoms with Gasteiger partial charge in [-0.15, -0.1) is 0 Å². The molecule has 0 radical (unpaired) electrons. The Morgan fingerprint density at radius 1 is 1.04 bits per heavy atom. The van der Waals surface area contributed by atoms with E-state index < -0.39 is 11.9 Å². The van der Waals surface area contributed by atoms with Crippen LogP contribution >= 0.6 is 0 Å². The minimum absolute atomic E-state index is 0.369. The fourth-order valence-electron chi connectivity index (χ4n) is 2.08. The van der Waals surface area contributed by atoms with Gasteiger partial charge in [0.05, 0.1) is 13.7 Å². The van der Waals surface area contributed by atoms with Gasteiger partial charge in [-0.25, -0.2) is 9.59 Å². The Morgan fingerprint density at radius 3 is 2.25 bits per heavy atom. The number of benzene rings is 1. The van der Waals surface area contributed by atoms with E-state index in [0.717, 1.165) is 37.8 Å². The van der Waals surface area contributed by atoms with E-state index in [1.165, 1.54) is 0 Å². The Bertz CT molecular complexity index is 533. The lowest BCUT2D eigenvalue weighted by Crippen LogP contribution is -2.13. The molecular formula is C19H26O5. The maximum absolute atomic E-state index is 11.7. The minimum atomic E-state index is -0.629. The number of ether oxygens (including phenoxy) is 3. The van der Waals surface area contributed by atoms with Crippen LogP contribution in [0.2, 0.25) is 0 Å². The molecule has 0 bridgehead atoms. The van der Waals surface area contributed by atoms with Crippen molar-refractivity contribution in [2.45, 2.75) is 39.5 Å². The number of hydrogen-bond donors (Lipinski definition) is 0. The van der Waals surface area contributed by atoms with Crippen LogP contribution in [-0.4, -0.2) is 25.7 Å². The van der Waals surface area contributed by atoms with Crippen molar-refractivity contribution in [2.24, 2.45) is 5.92 Å². The largest absolute Gasteiger partial charge is 0.497 e. The van der Waals surface area contributed by atoms with Crippen LogP contribution in [0.3, 0.4) is 0 Å². The summed E-state index contributed by atoms with van der Waals surface area (Å²) >= 11 is 0. The number of esters is 2. The Kier molecular flexibility index (Phi) is 9.27. The number of unbranched alkanes of at least 4 members (excludes halogenated alkanes) is 1. The third kappa shape index (κ3) is 7.81. The summed E-state index contributed by atoms with van der Waals surface area (Å²) in [5.41, 5.74) is 0. The Labute approximate surface area is 143 Å². The molecule has 0 fully saturated rings. The summed E-state index contributed by atoms with van der Waals surface area (Å²) in [5.74, 6) is 0.257. The van der Waals surface area contributed by atoms with Crippen molar-refractivity contribution in [3.63, 3.8) is 0 Å². The van der Waals surface area contributed by atoms with Crippen molar-refractivity contribution < 1.29 is 23.8 Å². The van der Waals surface area contributed by atoms with Gasteiger partial charge in [-0.1, -0.05) is 33.1 Å². The van der Waals surface area contributed by atoms with Crippen LogP contribution in [-0.2, 0) is 14.3 Å². The van der Waals surface area contributed by atoms with Crippen molar-refractivity contribution in [3.8, 4) is 11.5 Å². The number of carbonyl (C=O) groups is 2. The van der Waals surface area contributed by atoms with Crippen molar-refractivity contribution in [1.82, 2.24) is 0 Å². The van der Waals surface area contributed by atoms with Gasteiger partial charge >= 0.3 is 11.9 Å². The van der Waals surface area contributed by atoms with Gasteiger partial charge in [-0.3, -0.25) is 0 Å². The summed E-state index contributed by atoms with van der Waals surface area (Å²) in [6.45, 7) is 4.60. The van der Waals surface area contributed by atoms with Gasteiger partial charge in [-0.05, 0) is 36.6 Å². The highest BCUT2D eigenvalue weighted by Crippen LogP contribution is 2.17. The Balaban J connectivity index is 2.37. The fourth-order valence-corrected chi connectivity index (χ4v) is 2.08. The van der Waals surface area contributed by atoms with Gasteiger partial charge in [0.15, 0.2) is 0 Å². The highest BCUT2D eigenvalue weighted by molar-refractivity contribution is 5.92. The molecule has 0 aliphatic rings. The first kappa shape index (κ1) is 19.7. The average Bonchev–Trinajstić information content (AvgIpc) is 2.60. The van der Waals surface area contributed by atoms with Gasteiger partial charge in [0.2, 0.25) is 0 Å². The van der Waals surface area contributed by atoms with Crippen LogP contribution in [0.15, 0.2) is 36.4 Å². The normalized spacial score (nSPS) is 12.0. The van der Waals surface area contributed by atoms with Gasteiger partial charge in [-0.2, -0.15) is 0 Å². The molecule has 0 saturated carbocycles. The zero-order valence-electron chi connectivity index (χ0n) is 14.6. The molecule has 1 aromatic carbocycles. The van der Waals surface area contributed by atoms with Crippen LogP contribution in [0.25, 0.3) is 0 Å². The van der Waals surface area contributed by atoms with E-state index in [1.807, 2.05) is 0 Å². The number of methoxy groups -OCH3 is 1. The highest BCUT2D eigenvalue weighted by atomic mass is 16.5. The fraction of sp³-hybridized carbons (Fsp3) is 0.474. The molecule has 1 rings (SSSR count). The molecule has 0 heterocycles. The second kappa shape index (κ2) is 11.3. The van der Waals surface area contributed by atoms with Gasteiger partial charge in [0.25, 0.3) is 0 Å². The van der Waals surface area contributed by atoms with Gasteiger partial charge in [0.1, 0.15) is 11.5 Å². The summed E-state index contributed by atoms with van der Waals surface area (Å²) in [5, 5.41) is 0. The van der Waals surface area contributed by atoms with Gasteiger partial charge < -0.3 is 14.2 Å². The molecule has 24 heavy (non-hydrogen) atoms. The van der Waals surface area contributed by atoms with E-state index in [2.05, 4.69) is 13.8 Å². The van der Waals surface area contributed by atoms with E-state index in [0.29, 0.717) is 24.0 Å². The van der Waals surface area contributed by atoms with Crippen LogP contribution in [0, 0.1) is 5.92 Å². The second-order valence-corrected chi connectivity index (χ2v) is 5.48. The standard InChI is InChI=1S/C19H26O5/c1-4-6-7-15(5-2)14-23-18(20)12-13-19(21)24-17-10-8-16(22-3)9-11-17/h8-13,15H,4-7,14H2,1-3H3/b13-12+. The van der Waals surface area contributed by atoms with E-state index in [9.17, 15) is 9.59 Å². The van der Waals surface area contributed by atoms with E-state index in [1.54, 1.807) is 31.4 Å². The zero-order chi connectivity index (χ0) is 17.8. The maximum atomic E-state index is 11.7. The third-order valence-corrected chi connectivity index (χ3v) is 3.64. The summed E-state index contributed by atoms with van der Waals surface area (Å²) in [7, 11) is 1.56. The number of hydrogen-bond acceptors (Lipinski definition) is 5. The van der Waals surface area contributed by atoms with E-state index >= 15 is 0 Å². The second-order valence-electron chi connectivity index (χ2n) is 5.48. The Hall–Kier alpha value is -2.30. The lowest BCUT2D eigenvalue weighted by molar-refractivity contribution is -0.139. The van der Waals surface area contributed by atoms with Crippen LogP contribution in [0.4, 0.5) is 0 Å². The first-order valence-electron chi connectivity index (χ1n) is 8.29. The summed E-state index contributed by atoms with van der Waals surface area (Å²) in [6.07, 6.45) is 6.43. The lowest BCUT2D eigenvalue weighted by atomic mass is 10.0. The zero-order valence-corrected chi connectivity index (χ0v) is 14.6. The van der Waals surface area contributed by atoms with Gasteiger partial charge in [0, 0.05) is 12.2 Å². The minimum Gasteiger partial charge on any atom is -0.497 e. The van der Waals surface area contributed by atoms with Crippen molar-refractivity contribution in [2.75, 3.05) is 13.7 Å². The summed E-state index contributed by atoms with van der Waals surface area (Å²) in [6, 6.07) is 6.59. The molecule has 0 aliphatic carbocycles. The molecule has 1 atom stereocenters. The molecule has 0 aromatic heterocycles. The molecule has 5 nitrogen and oxygen atoms in total. The first-order valence-corrected chi connectivity index (χ1v) is 8.29. The quantitative estimate of drug-likeness (QED) is 0.369. The van der Waals surface area contributed by atoms with E-state index in [4.69, 9.17) is 14.2 Å². The summed E-state index contributed by atoms with van der Waals surface area (Å²) in [4.78, 5) is 23.3. The number of rotatable bonds is 10. The van der Waals surface area contributed by atoms with Crippen LogP contribution in [0.5, 0.6) is 11.5 Å². The molecule has 0 amide bonds. The SMILES string of the molecule is CCCCC(CC)COC(=O)/C=C/C(=O)Oc1ccc(OC)cc1. The smallest absolute Gasteiger partial charge is 0.336 e.